The lowest BCUT2D eigenvalue weighted by atomic mass is 10.2. The molecule has 0 spiro atoms. The van der Waals surface area contributed by atoms with Gasteiger partial charge in [0.1, 0.15) is 17.2 Å². The van der Waals surface area contributed by atoms with Crippen LogP contribution in [0.3, 0.4) is 0 Å². The Balaban J connectivity index is 1.83. The van der Waals surface area contributed by atoms with E-state index in [4.69, 9.17) is 9.84 Å². The molecule has 20 heavy (non-hydrogen) atoms. The molecule has 0 atom stereocenters. The average molecular weight is 292 g/mol. The van der Waals surface area contributed by atoms with Crippen molar-refractivity contribution in [1.29, 1.82) is 0 Å². The van der Waals surface area contributed by atoms with Crippen molar-refractivity contribution in [1.82, 2.24) is 4.98 Å². The van der Waals surface area contributed by atoms with E-state index in [-0.39, 0.29) is 4.88 Å². The zero-order chi connectivity index (χ0) is 14.5. The molecule has 2 rings (SSSR count). The highest BCUT2D eigenvalue weighted by Gasteiger charge is 2.13. The number of anilines is 1. The summed E-state index contributed by atoms with van der Waals surface area (Å²) in [4.78, 5) is 15.3. The molecular formula is C14H16N2O3S. The van der Waals surface area contributed by atoms with Gasteiger partial charge in [0.25, 0.3) is 0 Å². The summed E-state index contributed by atoms with van der Waals surface area (Å²) in [5.74, 6) is -0.0833. The summed E-state index contributed by atoms with van der Waals surface area (Å²) in [5.41, 5.74) is 1.62. The van der Waals surface area contributed by atoms with Crippen LogP contribution < -0.4 is 10.1 Å². The van der Waals surface area contributed by atoms with Crippen molar-refractivity contribution in [2.75, 3.05) is 18.5 Å². The second-order valence-electron chi connectivity index (χ2n) is 4.28. The molecule has 1 heterocycles. The minimum Gasteiger partial charge on any atom is -0.491 e. The van der Waals surface area contributed by atoms with Crippen LogP contribution in [0, 0.1) is 13.8 Å². The summed E-state index contributed by atoms with van der Waals surface area (Å²) in [7, 11) is 0. The molecule has 0 unspecified atom stereocenters. The minimum absolute atomic E-state index is 0.271. The number of carboxylic acid groups (broad SMARTS) is 1. The maximum atomic E-state index is 10.9. The number of nitrogens with one attached hydrogen (secondary N) is 1. The predicted molar refractivity (Wildman–Crippen MR) is 79.0 cm³/mol. The quantitative estimate of drug-likeness (QED) is 0.801. The van der Waals surface area contributed by atoms with Gasteiger partial charge < -0.3 is 15.2 Å². The van der Waals surface area contributed by atoms with Crippen LogP contribution in [0.4, 0.5) is 5.13 Å². The van der Waals surface area contributed by atoms with Gasteiger partial charge in [-0.2, -0.15) is 0 Å². The molecule has 0 aliphatic rings. The van der Waals surface area contributed by atoms with Gasteiger partial charge in [-0.25, -0.2) is 9.78 Å². The van der Waals surface area contributed by atoms with Crippen LogP contribution in [0.15, 0.2) is 24.3 Å². The number of para-hydroxylation sites is 1. The van der Waals surface area contributed by atoms with E-state index in [1.165, 1.54) is 0 Å². The number of aryl methyl sites for hydroxylation is 2. The fourth-order valence-electron chi connectivity index (χ4n) is 1.71. The summed E-state index contributed by atoms with van der Waals surface area (Å²) in [6.45, 7) is 4.74. The standard InChI is InChI=1S/C14H16N2O3S/c1-9-5-3-4-6-11(9)19-8-7-15-14-16-10(2)12(20-14)13(17)18/h3-6H,7-8H2,1-2H3,(H,15,16)(H,17,18). The molecule has 0 saturated heterocycles. The van der Waals surface area contributed by atoms with Crippen LogP contribution in [0.25, 0.3) is 0 Å². The molecule has 0 saturated carbocycles. The first kappa shape index (κ1) is 14.3. The third-order valence-corrected chi connectivity index (χ3v) is 3.82. The number of rotatable bonds is 6. The first-order chi connectivity index (χ1) is 9.58. The molecule has 0 radical (unpaired) electrons. The molecule has 2 aromatic rings. The second-order valence-corrected chi connectivity index (χ2v) is 5.28. The number of ether oxygens (including phenoxy) is 1. The zero-order valence-corrected chi connectivity index (χ0v) is 12.2. The SMILES string of the molecule is Cc1ccccc1OCCNc1nc(C)c(C(=O)O)s1. The third kappa shape index (κ3) is 3.48. The fraction of sp³-hybridized carbons (Fsp3) is 0.286. The summed E-state index contributed by atoms with van der Waals surface area (Å²) in [6, 6.07) is 7.81. The van der Waals surface area contributed by atoms with Crippen LogP contribution in [-0.4, -0.2) is 29.2 Å². The van der Waals surface area contributed by atoms with Crippen LogP contribution >= 0.6 is 11.3 Å². The smallest absolute Gasteiger partial charge is 0.347 e. The first-order valence-corrected chi connectivity index (χ1v) is 7.02. The molecular weight excluding hydrogens is 276 g/mol. The van der Waals surface area contributed by atoms with Gasteiger partial charge in [-0.05, 0) is 25.5 Å². The Hall–Kier alpha value is -2.08. The van der Waals surface area contributed by atoms with Crippen molar-refractivity contribution in [3.63, 3.8) is 0 Å². The number of benzene rings is 1. The monoisotopic (exact) mass is 292 g/mol. The number of thiazole rings is 1. The largest absolute Gasteiger partial charge is 0.491 e. The Morgan fingerprint density at radius 3 is 2.80 bits per heavy atom. The van der Waals surface area contributed by atoms with Crippen molar-refractivity contribution >= 4 is 22.4 Å². The van der Waals surface area contributed by atoms with Gasteiger partial charge in [-0.3, -0.25) is 0 Å². The molecule has 0 aliphatic heterocycles. The van der Waals surface area contributed by atoms with Crippen molar-refractivity contribution in [2.45, 2.75) is 13.8 Å². The Morgan fingerprint density at radius 1 is 1.40 bits per heavy atom. The van der Waals surface area contributed by atoms with Crippen LogP contribution in [0.5, 0.6) is 5.75 Å². The van der Waals surface area contributed by atoms with E-state index in [9.17, 15) is 4.79 Å². The van der Waals surface area contributed by atoms with Gasteiger partial charge in [0.05, 0.1) is 12.2 Å². The van der Waals surface area contributed by atoms with Crippen molar-refractivity contribution in [2.24, 2.45) is 0 Å². The van der Waals surface area contributed by atoms with Gasteiger partial charge in [-0.15, -0.1) is 0 Å². The highest BCUT2D eigenvalue weighted by atomic mass is 32.1. The van der Waals surface area contributed by atoms with E-state index in [0.717, 1.165) is 22.6 Å². The van der Waals surface area contributed by atoms with Gasteiger partial charge >= 0.3 is 5.97 Å². The number of aromatic carboxylic acids is 1. The van der Waals surface area contributed by atoms with E-state index in [1.807, 2.05) is 31.2 Å². The minimum atomic E-state index is -0.941. The number of nitrogens with zero attached hydrogens (tertiary/aromatic N) is 1. The Labute approximate surface area is 121 Å². The van der Waals surface area contributed by atoms with Gasteiger partial charge in [0, 0.05) is 0 Å². The highest BCUT2D eigenvalue weighted by Crippen LogP contribution is 2.22. The van der Waals surface area contributed by atoms with E-state index in [2.05, 4.69) is 10.3 Å². The van der Waals surface area contributed by atoms with Crippen LogP contribution in [-0.2, 0) is 0 Å². The normalized spacial score (nSPS) is 10.3. The summed E-state index contributed by atoms with van der Waals surface area (Å²) < 4.78 is 5.64. The van der Waals surface area contributed by atoms with Gasteiger partial charge in [0.2, 0.25) is 0 Å². The lowest BCUT2D eigenvalue weighted by molar-refractivity contribution is 0.0701. The number of carbonyl (C=O) groups is 1. The van der Waals surface area contributed by atoms with Crippen LogP contribution in [0.1, 0.15) is 20.9 Å². The summed E-state index contributed by atoms with van der Waals surface area (Å²) in [6.07, 6.45) is 0. The van der Waals surface area contributed by atoms with Gasteiger partial charge in [0.15, 0.2) is 5.13 Å². The van der Waals surface area contributed by atoms with E-state index in [1.54, 1.807) is 6.92 Å². The second kappa shape index (κ2) is 6.38. The number of hydrogen-bond donors (Lipinski definition) is 2. The molecule has 1 aromatic heterocycles. The Bertz CT molecular complexity index is 610. The Morgan fingerprint density at radius 2 is 2.15 bits per heavy atom. The van der Waals surface area contributed by atoms with Gasteiger partial charge in [-0.1, -0.05) is 29.5 Å². The molecule has 0 fully saturated rings. The molecule has 5 nitrogen and oxygen atoms in total. The zero-order valence-electron chi connectivity index (χ0n) is 11.3. The molecule has 1 aromatic carbocycles. The summed E-state index contributed by atoms with van der Waals surface area (Å²) in [5, 5.41) is 12.6. The highest BCUT2D eigenvalue weighted by molar-refractivity contribution is 7.17. The number of aromatic nitrogens is 1. The number of hydrogen-bond acceptors (Lipinski definition) is 5. The van der Waals surface area contributed by atoms with Crippen molar-refractivity contribution in [3.8, 4) is 5.75 Å². The molecule has 0 amide bonds. The predicted octanol–water partition coefficient (Wildman–Crippen LogP) is 2.95. The lowest BCUT2D eigenvalue weighted by Crippen LogP contribution is -2.11. The maximum Gasteiger partial charge on any atom is 0.347 e. The summed E-state index contributed by atoms with van der Waals surface area (Å²) >= 11 is 1.14. The Kier molecular flexibility index (Phi) is 4.57. The average Bonchev–Trinajstić information content (AvgIpc) is 2.78. The first-order valence-electron chi connectivity index (χ1n) is 6.21. The van der Waals surface area contributed by atoms with E-state index in [0.29, 0.717) is 24.0 Å². The molecule has 6 heteroatoms. The third-order valence-electron chi connectivity index (χ3n) is 2.72. The van der Waals surface area contributed by atoms with Crippen LogP contribution in [0.2, 0.25) is 0 Å². The molecule has 0 aliphatic carbocycles. The topological polar surface area (TPSA) is 71.5 Å². The number of carboxylic acids is 1. The fourth-order valence-corrected chi connectivity index (χ4v) is 2.54. The lowest BCUT2D eigenvalue weighted by Gasteiger charge is -2.08. The van der Waals surface area contributed by atoms with E-state index >= 15 is 0 Å². The van der Waals surface area contributed by atoms with Crippen molar-refractivity contribution < 1.29 is 14.6 Å². The maximum absolute atomic E-state index is 10.9. The van der Waals surface area contributed by atoms with Crippen molar-refractivity contribution in [3.05, 3.63) is 40.4 Å². The molecule has 0 bridgehead atoms. The molecule has 2 N–H and O–H groups in total. The van der Waals surface area contributed by atoms with E-state index < -0.39 is 5.97 Å². The molecule has 106 valence electrons.